The molecule has 0 saturated carbocycles. The molecular formula is C23H28N2O2+2. The van der Waals surface area contributed by atoms with Crippen LogP contribution in [0.25, 0.3) is 11.0 Å². The van der Waals surface area contributed by atoms with Gasteiger partial charge in [-0.25, -0.2) is 4.79 Å². The first-order chi connectivity index (χ1) is 13.1. The van der Waals surface area contributed by atoms with Crippen LogP contribution in [0.1, 0.15) is 22.3 Å². The predicted octanol–water partition coefficient (Wildman–Crippen LogP) is 0.893. The van der Waals surface area contributed by atoms with Crippen molar-refractivity contribution in [2.24, 2.45) is 0 Å². The van der Waals surface area contributed by atoms with Crippen molar-refractivity contribution in [1.82, 2.24) is 0 Å². The number of rotatable bonds is 4. The minimum absolute atomic E-state index is 0.239. The summed E-state index contributed by atoms with van der Waals surface area (Å²) in [6, 6.07) is 16.7. The molecule has 0 amide bonds. The van der Waals surface area contributed by atoms with Crippen LogP contribution in [0.2, 0.25) is 0 Å². The maximum absolute atomic E-state index is 12.1. The highest BCUT2D eigenvalue weighted by Gasteiger charge is 2.24. The first kappa shape index (κ1) is 18.0. The van der Waals surface area contributed by atoms with Gasteiger partial charge in [-0.1, -0.05) is 36.4 Å². The van der Waals surface area contributed by atoms with E-state index in [0.717, 1.165) is 48.3 Å². The summed E-state index contributed by atoms with van der Waals surface area (Å²) >= 11 is 0. The third kappa shape index (κ3) is 4.12. The highest BCUT2D eigenvalue weighted by Crippen LogP contribution is 2.22. The first-order valence-electron chi connectivity index (χ1n) is 9.83. The Morgan fingerprint density at radius 2 is 1.56 bits per heavy atom. The van der Waals surface area contributed by atoms with Gasteiger partial charge in [-0.15, -0.1) is 0 Å². The zero-order valence-corrected chi connectivity index (χ0v) is 16.2. The molecule has 4 rings (SSSR count). The van der Waals surface area contributed by atoms with Crippen molar-refractivity contribution < 1.29 is 14.2 Å². The Bertz CT molecular complexity index is 986. The molecule has 0 bridgehead atoms. The van der Waals surface area contributed by atoms with Crippen molar-refractivity contribution in [3.05, 3.63) is 81.2 Å². The van der Waals surface area contributed by atoms with E-state index in [1.165, 1.54) is 24.2 Å². The number of hydrogen-bond acceptors (Lipinski definition) is 2. The van der Waals surface area contributed by atoms with Crippen LogP contribution in [0.5, 0.6) is 0 Å². The van der Waals surface area contributed by atoms with Gasteiger partial charge in [0.05, 0.1) is 0 Å². The zero-order valence-electron chi connectivity index (χ0n) is 16.2. The van der Waals surface area contributed by atoms with Gasteiger partial charge in [-0.3, -0.25) is 0 Å². The smallest absolute Gasteiger partial charge is 0.336 e. The molecule has 1 aliphatic rings. The van der Waals surface area contributed by atoms with Crippen molar-refractivity contribution >= 4 is 11.0 Å². The van der Waals surface area contributed by atoms with Crippen LogP contribution in [0.4, 0.5) is 0 Å². The molecule has 27 heavy (non-hydrogen) atoms. The molecule has 2 N–H and O–H groups in total. The van der Waals surface area contributed by atoms with E-state index in [-0.39, 0.29) is 5.63 Å². The van der Waals surface area contributed by atoms with Crippen LogP contribution in [0, 0.1) is 13.8 Å². The molecule has 0 atom stereocenters. The monoisotopic (exact) mass is 364 g/mol. The van der Waals surface area contributed by atoms with Gasteiger partial charge < -0.3 is 14.2 Å². The third-order valence-electron chi connectivity index (χ3n) is 5.66. The highest BCUT2D eigenvalue weighted by atomic mass is 16.4. The van der Waals surface area contributed by atoms with Crippen LogP contribution < -0.4 is 15.4 Å². The summed E-state index contributed by atoms with van der Waals surface area (Å²) in [7, 11) is 0. The second-order valence-electron chi connectivity index (χ2n) is 7.89. The van der Waals surface area contributed by atoms with Gasteiger partial charge in [0, 0.05) is 22.6 Å². The minimum atomic E-state index is -0.239. The molecule has 0 radical (unpaired) electrons. The predicted molar refractivity (Wildman–Crippen MR) is 107 cm³/mol. The number of piperazine rings is 1. The average Bonchev–Trinajstić information content (AvgIpc) is 2.65. The topological polar surface area (TPSA) is 39.1 Å². The Balaban J connectivity index is 1.47. The SMILES string of the molecule is Cc1cc(C)c2oc(=O)cc(C[NH+]3CC[NH+](Cc4ccccc4)CC3)c2c1. The molecule has 1 aliphatic heterocycles. The lowest BCUT2D eigenvalue weighted by atomic mass is 10.0. The second-order valence-corrected chi connectivity index (χ2v) is 7.89. The summed E-state index contributed by atoms with van der Waals surface area (Å²) in [6.07, 6.45) is 0. The maximum Gasteiger partial charge on any atom is 0.336 e. The zero-order chi connectivity index (χ0) is 18.8. The molecule has 0 unspecified atom stereocenters. The lowest BCUT2D eigenvalue weighted by Crippen LogP contribution is -3.27. The lowest BCUT2D eigenvalue weighted by Gasteiger charge is -2.30. The molecule has 1 saturated heterocycles. The fraction of sp³-hybridized carbons (Fsp3) is 0.348. The van der Waals surface area contributed by atoms with Crippen LogP contribution in [-0.2, 0) is 13.1 Å². The minimum Gasteiger partial charge on any atom is -0.422 e. The Morgan fingerprint density at radius 1 is 0.889 bits per heavy atom. The van der Waals surface area contributed by atoms with Gasteiger partial charge in [0.2, 0.25) is 0 Å². The summed E-state index contributed by atoms with van der Waals surface area (Å²) in [4.78, 5) is 15.3. The van der Waals surface area contributed by atoms with E-state index in [9.17, 15) is 4.79 Å². The Hall–Kier alpha value is -2.43. The Kier molecular flexibility index (Phi) is 5.10. The molecule has 4 heteroatoms. The van der Waals surface area contributed by atoms with Crippen molar-refractivity contribution in [3.8, 4) is 0 Å². The van der Waals surface area contributed by atoms with E-state index >= 15 is 0 Å². The Morgan fingerprint density at radius 3 is 2.26 bits per heavy atom. The second kappa shape index (κ2) is 7.67. The van der Waals surface area contributed by atoms with Crippen LogP contribution in [-0.4, -0.2) is 26.2 Å². The van der Waals surface area contributed by atoms with Crippen LogP contribution >= 0.6 is 0 Å². The quantitative estimate of drug-likeness (QED) is 0.675. The van der Waals surface area contributed by atoms with E-state index in [1.54, 1.807) is 15.9 Å². The number of fused-ring (bicyclic) bond motifs is 1. The molecule has 3 aromatic rings. The van der Waals surface area contributed by atoms with Crippen molar-refractivity contribution in [2.75, 3.05) is 26.2 Å². The summed E-state index contributed by atoms with van der Waals surface area (Å²) in [5.41, 5.74) is 5.29. The maximum atomic E-state index is 12.1. The van der Waals surface area contributed by atoms with E-state index in [1.807, 2.05) is 6.92 Å². The van der Waals surface area contributed by atoms with Crippen molar-refractivity contribution in [1.29, 1.82) is 0 Å². The number of aryl methyl sites for hydroxylation is 2. The highest BCUT2D eigenvalue weighted by molar-refractivity contribution is 5.83. The third-order valence-corrected chi connectivity index (χ3v) is 5.66. The van der Waals surface area contributed by atoms with Gasteiger partial charge in [0.25, 0.3) is 0 Å². The van der Waals surface area contributed by atoms with Gasteiger partial charge in [-0.2, -0.15) is 0 Å². The summed E-state index contributed by atoms with van der Waals surface area (Å²) in [5, 5.41) is 1.10. The number of quaternary nitrogens is 2. The summed E-state index contributed by atoms with van der Waals surface area (Å²) < 4.78 is 5.49. The summed E-state index contributed by atoms with van der Waals surface area (Å²) in [5.74, 6) is 0. The van der Waals surface area contributed by atoms with Gasteiger partial charge in [0.1, 0.15) is 44.9 Å². The number of nitrogens with one attached hydrogen (secondary N) is 2. The van der Waals surface area contributed by atoms with E-state index in [0.29, 0.717) is 0 Å². The summed E-state index contributed by atoms with van der Waals surface area (Å²) in [6.45, 7) is 10.7. The fourth-order valence-corrected chi connectivity index (χ4v) is 4.29. The molecule has 0 aliphatic carbocycles. The van der Waals surface area contributed by atoms with Crippen molar-refractivity contribution in [3.63, 3.8) is 0 Å². The molecule has 0 spiro atoms. The van der Waals surface area contributed by atoms with Crippen LogP contribution in [0.3, 0.4) is 0 Å². The fourth-order valence-electron chi connectivity index (χ4n) is 4.29. The normalized spacial score (nSPS) is 20.1. The standard InChI is InChI=1S/C23H26N2O2/c1-17-12-18(2)23-21(13-17)20(14-22(26)27-23)16-25-10-8-24(9-11-25)15-19-6-4-3-5-7-19/h3-7,12-14H,8-11,15-16H2,1-2H3/p+2. The number of benzene rings is 2. The Labute approximate surface area is 160 Å². The molecule has 1 aromatic heterocycles. The van der Waals surface area contributed by atoms with E-state index in [4.69, 9.17) is 4.42 Å². The van der Waals surface area contributed by atoms with Gasteiger partial charge >= 0.3 is 5.63 Å². The molecule has 1 fully saturated rings. The molecule has 2 heterocycles. The lowest BCUT2D eigenvalue weighted by molar-refractivity contribution is -1.02. The average molecular weight is 364 g/mol. The molecule has 140 valence electrons. The van der Waals surface area contributed by atoms with Gasteiger partial charge in [0.15, 0.2) is 0 Å². The number of hydrogen-bond donors (Lipinski definition) is 2. The molecular weight excluding hydrogens is 336 g/mol. The molecule has 2 aromatic carbocycles. The van der Waals surface area contributed by atoms with Crippen molar-refractivity contribution in [2.45, 2.75) is 26.9 Å². The largest absolute Gasteiger partial charge is 0.422 e. The van der Waals surface area contributed by atoms with E-state index in [2.05, 4.69) is 49.4 Å². The van der Waals surface area contributed by atoms with E-state index < -0.39 is 0 Å². The van der Waals surface area contributed by atoms with Gasteiger partial charge in [-0.05, 0) is 31.0 Å². The van der Waals surface area contributed by atoms with Crippen LogP contribution in [0.15, 0.2) is 57.7 Å². The first-order valence-corrected chi connectivity index (χ1v) is 9.83. The molecule has 4 nitrogen and oxygen atoms in total.